The molecule has 2 rings (SSSR count). The molecule has 0 radical (unpaired) electrons. The minimum Gasteiger partial charge on any atom is -0.489 e. The molecule has 0 aliphatic rings. The van der Waals surface area contributed by atoms with E-state index >= 15 is 0 Å². The van der Waals surface area contributed by atoms with Crippen molar-refractivity contribution in [1.82, 2.24) is 0 Å². The summed E-state index contributed by atoms with van der Waals surface area (Å²) in [5.74, 6) is 0.713. The van der Waals surface area contributed by atoms with Crippen molar-refractivity contribution in [2.45, 2.75) is 20.0 Å². The molecule has 0 saturated heterocycles. The van der Waals surface area contributed by atoms with Crippen LogP contribution in [0.4, 0.5) is 17.1 Å². The molecule has 0 spiro atoms. The fourth-order valence-corrected chi connectivity index (χ4v) is 2.03. The quantitative estimate of drug-likeness (QED) is 0.621. The number of rotatable bonds is 4. The summed E-state index contributed by atoms with van der Waals surface area (Å²) in [6, 6.07) is 13.9. The van der Waals surface area contributed by atoms with Crippen LogP contribution in [0.1, 0.15) is 13.8 Å². The van der Waals surface area contributed by atoms with E-state index in [4.69, 9.17) is 10.5 Å². The van der Waals surface area contributed by atoms with Crippen LogP contribution < -0.4 is 15.8 Å². The Hall–Kier alpha value is -1.43. The zero-order chi connectivity index (χ0) is 13.8. The molecule has 0 amide bonds. The van der Waals surface area contributed by atoms with Crippen LogP contribution in [0.25, 0.3) is 0 Å². The number of hydrogen-bond acceptors (Lipinski definition) is 3. The molecule has 2 aromatic carbocycles. The number of nitrogens with two attached hydrogens (primary N) is 1. The van der Waals surface area contributed by atoms with Crippen molar-refractivity contribution in [2.24, 2.45) is 0 Å². The number of nitrogens with one attached hydrogen (secondary N) is 1. The number of anilines is 3. The zero-order valence-electron chi connectivity index (χ0n) is 11.0. The lowest BCUT2D eigenvalue weighted by Crippen LogP contribution is -2.07. The number of ether oxygens (including phenoxy) is 1. The van der Waals surface area contributed by atoms with Gasteiger partial charge in [0.25, 0.3) is 0 Å². The summed E-state index contributed by atoms with van der Waals surface area (Å²) >= 11 is 2.29. The van der Waals surface area contributed by atoms with Crippen LogP contribution in [0.5, 0.6) is 5.75 Å². The molecular formula is C15H17IN2O. The SMILES string of the molecule is CC(C)Oc1cc(Nc2ccc(I)cc2)ccc1N. The molecule has 0 aliphatic carbocycles. The first-order valence-corrected chi connectivity index (χ1v) is 7.21. The molecule has 4 heteroatoms. The Kier molecular flexibility index (Phi) is 4.52. The Morgan fingerprint density at radius 2 is 1.68 bits per heavy atom. The molecule has 0 heterocycles. The fourth-order valence-electron chi connectivity index (χ4n) is 1.67. The van der Waals surface area contributed by atoms with Crippen molar-refractivity contribution >= 4 is 39.7 Å². The maximum absolute atomic E-state index is 5.90. The first-order chi connectivity index (χ1) is 9.04. The normalized spacial score (nSPS) is 10.5. The van der Waals surface area contributed by atoms with Crippen LogP contribution in [0.15, 0.2) is 42.5 Å². The molecule has 2 aromatic rings. The first-order valence-electron chi connectivity index (χ1n) is 6.13. The van der Waals surface area contributed by atoms with E-state index in [-0.39, 0.29) is 6.10 Å². The minimum absolute atomic E-state index is 0.107. The summed E-state index contributed by atoms with van der Waals surface area (Å²) in [4.78, 5) is 0. The Morgan fingerprint density at radius 3 is 2.32 bits per heavy atom. The molecule has 0 aromatic heterocycles. The second kappa shape index (κ2) is 6.14. The van der Waals surface area contributed by atoms with Crippen molar-refractivity contribution in [3.05, 3.63) is 46.0 Å². The fraction of sp³-hybridized carbons (Fsp3) is 0.200. The summed E-state index contributed by atoms with van der Waals surface area (Å²) in [7, 11) is 0. The largest absolute Gasteiger partial charge is 0.489 e. The molecule has 3 nitrogen and oxygen atoms in total. The summed E-state index contributed by atoms with van der Waals surface area (Å²) in [5, 5.41) is 3.33. The zero-order valence-corrected chi connectivity index (χ0v) is 13.1. The lowest BCUT2D eigenvalue weighted by atomic mass is 10.2. The maximum atomic E-state index is 5.90. The highest BCUT2D eigenvalue weighted by atomic mass is 127. The standard InChI is InChI=1S/C15H17IN2O/c1-10(2)19-15-9-13(7-8-14(15)17)18-12-5-3-11(16)4-6-12/h3-10,18H,17H2,1-2H3. The highest BCUT2D eigenvalue weighted by molar-refractivity contribution is 14.1. The van der Waals surface area contributed by atoms with E-state index < -0.39 is 0 Å². The third kappa shape index (κ3) is 4.02. The molecule has 0 atom stereocenters. The van der Waals surface area contributed by atoms with E-state index in [0.29, 0.717) is 11.4 Å². The van der Waals surface area contributed by atoms with Crippen LogP contribution in [0, 0.1) is 3.57 Å². The van der Waals surface area contributed by atoms with E-state index in [9.17, 15) is 0 Å². The second-order valence-corrected chi connectivity index (χ2v) is 5.80. The van der Waals surface area contributed by atoms with E-state index in [0.717, 1.165) is 11.4 Å². The number of hydrogen-bond donors (Lipinski definition) is 2. The van der Waals surface area contributed by atoms with Gasteiger partial charge in [-0.2, -0.15) is 0 Å². The van der Waals surface area contributed by atoms with Crippen LogP contribution in [-0.2, 0) is 0 Å². The highest BCUT2D eigenvalue weighted by Gasteiger charge is 2.04. The van der Waals surface area contributed by atoms with Crippen LogP contribution in [0.2, 0.25) is 0 Å². The molecule has 3 N–H and O–H groups in total. The van der Waals surface area contributed by atoms with Gasteiger partial charge in [0.2, 0.25) is 0 Å². The van der Waals surface area contributed by atoms with Gasteiger partial charge in [-0.3, -0.25) is 0 Å². The van der Waals surface area contributed by atoms with Gasteiger partial charge < -0.3 is 15.8 Å². The molecule has 100 valence electrons. The Labute approximate surface area is 127 Å². The number of benzene rings is 2. The van der Waals surface area contributed by atoms with Gasteiger partial charge in [-0.05, 0) is 72.8 Å². The van der Waals surface area contributed by atoms with Crippen molar-refractivity contribution in [3.8, 4) is 5.75 Å². The van der Waals surface area contributed by atoms with Gasteiger partial charge >= 0.3 is 0 Å². The van der Waals surface area contributed by atoms with Crippen LogP contribution >= 0.6 is 22.6 Å². The smallest absolute Gasteiger partial charge is 0.144 e. The van der Waals surface area contributed by atoms with Crippen molar-refractivity contribution in [3.63, 3.8) is 0 Å². The Balaban J connectivity index is 2.18. The van der Waals surface area contributed by atoms with Gasteiger partial charge in [0.15, 0.2) is 0 Å². The number of halogens is 1. The average molecular weight is 368 g/mol. The van der Waals surface area contributed by atoms with Gasteiger partial charge in [0, 0.05) is 21.0 Å². The summed E-state index contributed by atoms with van der Waals surface area (Å²) in [6.07, 6.45) is 0.107. The first kappa shape index (κ1) is 14.0. The molecule has 0 aliphatic heterocycles. The van der Waals surface area contributed by atoms with Crippen molar-refractivity contribution in [1.29, 1.82) is 0 Å². The van der Waals surface area contributed by atoms with Gasteiger partial charge in [-0.15, -0.1) is 0 Å². The lowest BCUT2D eigenvalue weighted by molar-refractivity contribution is 0.244. The topological polar surface area (TPSA) is 47.3 Å². The average Bonchev–Trinajstić information content (AvgIpc) is 2.36. The summed E-state index contributed by atoms with van der Waals surface area (Å²) < 4.78 is 6.89. The van der Waals surface area contributed by atoms with Crippen molar-refractivity contribution < 1.29 is 4.74 Å². The molecule has 0 bridgehead atoms. The number of nitrogen functional groups attached to an aromatic ring is 1. The monoisotopic (exact) mass is 368 g/mol. The second-order valence-electron chi connectivity index (χ2n) is 4.55. The predicted octanol–water partition coefficient (Wildman–Crippen LogP) is 4.40. The lowest BCUT2D eigenvalue weighted by Gasteiger charge is -2.14. The van der Waals surface area contributed by atoms with Gasteiger partial charge in [0.1, 0.15) is 5.75 Å². The van der Waals surface area contributed by atoms with E-state index in [1.165, 1.54) is 3.57 Å². The van der Waals surface area contributed by atoms with Gasteiger partial charge in [0.05, 0.1) is 11.8 Å². The summed E-state index contributed by atoms with van der Waals surface area (Å²) in [5.41, 5.74) is 8.56. The molecule has 0 unspecified atom stereocenters. The Bertz CT molecular complexity index is 553. The van der Waals surface area contributed by atoms with Crippen molar-refractivity contribution in [2.75, 3.05) is 11.1 Å². The third-order valence-corrected chi connectivity index (χ3v) is 3.23. The van der Waals surface area contributed by atoms with Gasteiger partial charge in [-0.1, -0.05) is 0 Å². The van der Waals surface area contributed by atoms with Crippen LogP contribution in [0.3, 0.4) is 0 Å². The predicted molar refractivity (Wildman–Crippen MR) is 89.1 cm³/mol. The molecule has 0 fully saturated rings. The van der Waals surface area contributed by atoms with E-state index in [1.54, 1.807) is 0 Å². The van der Waals surface area contributed by atoms with E-state index in [2.05, 4.69) is 40.0 Å². The van der Waals surface area contributed by atoms with Crippen LogP contribution in [-0.4, -0.2) is 6.10 Å². The maximum Gasteiger partial charge on any atom is 0.144 e. The molecule has 19 heavy (non-hydrogen) atoms. The minimum atomic E-state index is 0.107. The van der Waals surface area contributed by atoms with Gasteiger partial charge in [-0.25, -0.2) is 0 Å². The summed E-state index contributed by atoms with van der Waals surface area (Å²) in [6.45, 7) is 3.97. The Morgan fingerprint density at radius 1 is 1.05 bits per heavy atom. The third-order valence-electron chi connectivity index (χ3n) is 2.51. The molecule has 0 saturated carbocycles. The van der Waals surface area contributed by atoms with E-state index in [1.807, 2.05) is 44.2 Å². The molecular weight excluding hydrogens is 351 g/mol. The highest BCUT2D eigenvalue weighted by Crippen LogP contribution is 2.28.